The molecule has 0 spiro atoms. The number of fused-ring (bicyclic) bond motifs is 1. The van der Waals surface area contributed by atoms with E-state index < -0.39 is 0 Å². The predicted octanol–water partition coefficient (Wildman–Crippen LogP) is 2.11. The Hall–Kier alpha value is -2.67. The second-order valence-electron chi connectivity index (χ2n) is 6.83. The molecule has 1 unspecified atom stereocenters. The summed E-state index contributed by atoms with van der Waals surface area (Å²) in [6.07, 6.45) is 0.0567. The number of nitrogens with one attached hydrogen (secondary N) is 1. The number of aromatic nitrogens is 2. The summed E-state index contributed by atoms with van der Waals surface area (Å²) in [7, 11) is 1.65. The van der Waals surface area contributed by atoms with Crippen molar-refractivity contribution in [3.63, 3.8) is 0 Å². The van der Waals surface area contributed by atoms with Crippen molar-refractivity contribution in [2.24, 2.45) is 0 Å². The summed E-state index contributed by atoms with van der Waals surface area (Å²) >= 11 is 0. The van der Waals surface area contributed by atoms with Gasteiger partial charge in [0.05, 0.1) is 7.11 Å². The SMILES string of the molecule is COc1ccc2c(c1)OC(C)CN(CCNC(=O)c1cc(C)nc(C)n1)C2. The van der Waals surface area contributed by atoms with Gasteiger partial charge in [-0.05, 0) is 32.9 Å². The van der Waals surface area contributed by atoms with Crippen molar-refractivity contribution in [1.82, 2.24) is 20.2 Å². The van der Waals surface area contributed by atoms with Crippen LogP contribution in [0.2, 0.25) is 0 Å². The topological polar surface area (TPSA) is 76.6 Å². The van der Waals surface area contributed by atoms with Crippen molar-refractivity contribution in [3.05, 3.63) is 47.0 Å². The first kappa shape index (κ1) is 19.1. The molecule has 1 N–H and O–H groups in total. The molecule has 1 aliphatic rings. The van der Waals surface area contributed by atoms with Crippen LogP contribution in [0.5, 0.6) is 11.5 Å². The third kappa shape index (κ3) is 4.95. The quantitative estimate of drug-likeness (QED) is 0.869. The maximum Gasteiger partial charge on any atom is 0.270 e. The molecule has 0 saturated heterocycles. The maximum atomic E-state index is 12.3. The van der Waals surface area contributed by atoms with Gasteiger partial charge >= 0.3 is 0 Å². The molecule has 1 amide bonds. The smallest absolute Gasteiger partial charge is 0.270 e. The fourth-order valence-corrected chi connectivity index (χ4v) is 3.25. The first-order valence-electron chi connectivity index (χ1n) is 9.11. The summed E-state index contributed by atoms with van der Waals surface area (Å²) in [5.74, 6) is 2.08. The van der Waals surface area contributed by atoms with Crippen molar-refractivity contribution < 1.29 is 14.3 Å². The molecule has 7 heteroatoms. The summed E-state index contributed by atoms with van der Waals surface area (Å²) in [5.41, 5.74) is 2.32. The zero-order valence-corrected chi connectivity index (χ0v) is 16.3. The largest absolute Gasteiger partial charge is 0.497 e. The lowest BCUT2D eigenvalue weighted by atomic mass is 10.2. The Balaban J connectivity index is 1.59. The third-order valence-corrected chi connectivity index (χ3v) is 4.42. The molecule has 1 aromatic heterocycles. The second-order valence-corrected chi connectivity index (χ2v) is 6.83. The number of methoxy groups -OCH3 is 1. The molecule has 27 heavy (non-hydrogen) atoms. The zero-order valence-electron chi connectivity index (χ0n) is 16.3. The normalized spacial score (nSPS) is 16.8. The molecule has 1 aliphatic heterocycles. The average Bonchev–Trinajstić information content (AvgIpc) is 2.77. The maximum absolute atomic E-state index is 12.3. The van der Waals surface area contributed by atoms with E-state index in [1.807, 2.05) is 32.0 Å². The molecule has 0 saturated carbocycles. The standard InChI is InChI=1S/C20H26N4O3/c1-13-9-18(23-15(3)22-13)20(25)21-7-8-24-11-14(2)27-19-10-17(26-4)6-5-16(19)12-24/h5-6,9-10,14H,7-8,11-12H2,1-4H3,(H,21,25). The zero-order chi connectivity index (χ0) is 19.4. The Morgan fingerprint density at radius 1 is 1.33 bits per heavy atom. The summed E-state index contributed by atoms with van der Waals surface area (Å²) in [4.78, 5) is 23.0. The number of carbonyl (C=O) groups excluding carboxylic acids is 1. The number of hydrogen-bond donors (Lipinski definition) is 1. The van der Waals surface area contributed by atoms with E-state index in [0.29, 0.717) is 18.1 Å². The number of nitrogens with zero attached hydrogens (tertiary/aromatic N) is 3. The highest BCUT2D eigenvalue weighted by molar-refractivity contribution is 5.92. The third-order valence-electron chi connectivity index (χ3n) is 4.42. The second kappa shape index (κ2) is 8.35. The van der Waals surface area contributed by atoms with E-state index in [2.05, 4.69) is 20.2 Å². The average molecular weight is 370 g/mol. The van der Waals surface area contributed by atoms with Crippen LogP contribution in [0.4, 0.5) is 0 Å². The molecule has 0 fully saturated rings. The molecule has 7 nitrogen and oxygen atoms in total. The fourth-order valence-electron chi connectivity index (χ4n) is 3.25. The minimum absolute atomic E-state index is 0.0567. The predicted molar refractivity (Wildman–Crippen MR) is 102 cm³/mol. The number of hydrogen-bond acceptors (Lipinski definition) is 6. The van der Waals surface area contributed by atoms with E-state index in [9.17, 15) is 4.79 Å². The van der Waals surface area contributed by atoms with E-state index in [1.165, 1.54) is 0 Å². The molecule has 2 heterocycles. The van der Waals surface area contributed by atoms with Crippen LogP contribution < -0.4 is 14.8 Å². The van der Waals surface area contributed by atoms with E-state index in [4.69, 9.17) is 9.47 Å². The Morgan fingerprint density at radius 3 is 2.89 bits per heavy atom. The molecule has 0 aliphatic carbocycles. The highest BCUT2D eigenvalue weighted by Crippen LogP contribution is 2.29. The van der Waals surface area contributed by atoms with Crippen LogP contribution in [-0.2, 0) is 6.54 Å². The molecule has 0 radical (unpaired) electrons. The molecule has 2 aromatic rings. The molecule has 1 aromatic carbocycles. The lowest BCUT2D eigenvalue weighted by Crippen LogP contribution is -2.38. The molecular weight excluding hydrogens is 344 g/mol. The van der Waals surface area contributed by atoms with Gasteiger partial charge in [-0.3, -0.25) is 9.69 Å². The van der Waals surface area contributed by atoms with Crippen molar-refractivity contribution in [3.8, 4) is 11.5 Å². The van der Waals surface area contributed by atoms with Gasteiger partial charge in [-0.1, -0.05) is 6.07 Å². The van der Waals surface area contributed by atoms with Crippen LogP contribution in [0.3, 0.4) is 0 Å². The van der Waals surface area contributed by atoms with Crippen molar-refractivity contribution in [1.29, 1.82) is 0 Å². The van der Waals surface area contributed by atoms with Gasteiger partial charge in [0.2, 0.25) is 0 Å². The lowest BCUT2D eigenvalue weighted by molar-refractivity contribution is 0.0939. The van der Waals surface area contributed by atoms with Gasteiger partial charge in [-0.2, -0.15) is 0 Å². The number of carbonyl (C=O) groups is 1. The van der Waals surface area contributed by atoms with Crippen LogP contribution in [0.25, 0.3) is 0 Å². The number of rotatable bonds is 5. The summed E-state index contributed by atoms with van der Waals surface area (Å²) in [5, 5.41) is 2.95. The number of amides is 1. The van der Waals surface area contributed by atoms with Gasteiger partial charge in [0.15, 0.2) is 0 Å². The van der Waals surface area contributed by atoms with E-state index in [0.717, 1.165) is 42.4 Å². The van der Waals surface area contributed by atoms with Crippen LogP contribution >= 0.6 is 0 Å². The van der Waals surface area contributed by atoms with Crippen LogP contribution in [0.1, 0.15) is 34.5 Å². The highest BCUT2D eigenvalue weighted by Gasteiger charge is 2.20. The van der Waals surface area contributed by atoms with E-state index >= 15 is 0 Å². The van der Waals surface area contributed by atoms with Gasteiger partial charge in [-0.15, -0.1) is 0 Å². The highest BCUT2D eigenvalue weighted by atomic mass is 16.5. The van der Waals surface area contributed by atoms with Crippen LogP contribution in [0.15, 0.2) is 24.3 Å². The molecule has 1 atom stereocenters. The van der Waals surface area contributed by atoms with Gasteiger partial charge in [0.1, 0.15) is 29.1 Å². The van der Waals surface area contributed by atoms with Crippen molar-refractivity contribution in [2.45, 2.75) is 33.4 Å². The molecule has 0 bridgehead atoms. The first-order valence-corrected chi connectivity index (χ1v) is 9.11. The van der Waals surface area contributed by atoms with E-state index in [1.54, 1.807) is 20.1 Å². The van der Waals surface area contributed by atoms with Gasteiger partial charge in [0, 0.05) is 43.5 Å². The molecular formula is C20H26N4O3. The number of aryl methyl sites for hydroxylation is 2. The summed E-state index contributed by atoms with van der Waals surface area (Å²) < 4.78 is 11.3. The number of benzene rings is 1. The minimum atomic E-state index is -0.173. The van der Waals surface area contributed by atoms with Gasteiger partial charge < -0.3 is 14.8 Å². The van der Waals surface area contributed by atoms with E-state index in [-0.39, 0.29) is 12.0 Å². The first-order chi connectivity index (χ1) is 12.9. The minimum Gasteiger partial charge on any atom is -0.497 e. The Labute approximate surface area is 159 Å². The Bertz CT molecular complexity index is 805. The van der Waals surface area contributed by atoms with Gasteiger partial charge in [-0.25, -0.2) is 9.97 Å². The monoisotopic (exact) mass is 370 g/mol. The van der Waals surface area contributed by atoms with Crippen LogP contribution in [-0.4, -0.2) is 53.6 Å². The lowest BCUT2D eigenvalue weighted by Gasteiger charge is -2.21. The fraction of sp³-hybridized carbons (Fsp3) is 0.450. The summed E-state index contributed by atoms with van der Waals surface area (Å²) in [6.45, 7) is 8.52. The number of ether oxygens (including phenoxy) is 2. The van der Waals surface area contributed by atoms with Crippen LogP contribution in [0, 0.1) is 13.8 Å². The molecule has 3 rings (SSSR count). The Morgan fingerprint density at radius 2 is 2.15 bits per heavy atom. The van der Waals surface area contributed by atoms with Crippen molar-refractivity contribution >= 4 is 5.91 Å². The van der Waals surface area contributed by atoms with Gasteiger partial charge in [0.25, 0.3) is 5.91 Å². The Kier molecular flexibility index (Phi) is 5.91. The van der Waals surface area contributed by atoms with Crippen molar-refractivity contribution in [2.75, 3.05) is 26.7 Å². The molecule has 144 valence electrons. The summed E-state index contributed by atoms with van der Waals surface area (Å²) in [6, 6.07) is 7.60.